The third kappa shape index (κ3) is 4.59. The van der Waals surface area contributed by atoms with Crippen molar-refractivity contribution in [1.82, 2.24) is 10.2 Å². The van der Waals surface area contributed by atoms with E-state index in [1.165, 1.54) is 35.7 Å². The van der Waals surface area contributed by atoms with Crippen molar-refractivity contribution >= 4 is 40.1 Å². The molecule has 0 radical (unpaired) electrons. The number of allylic oxidation sites excluding steroid dienone is 1. The standard InChI is InChI=1S/C24H33IN4O/c1-2-3-7-16-28-17-14-24(15-18-28)22(26-20-8-5-4-6-9-20)27-23(30)29(24)21-12-10-19(25)11-13-21/h2,10-13,20H,1,3-9,14-18H2,(H,26,27,30). The van der Waals surface area contributed by atoms with Crippen molar-refractivity contribution in [2.24, 2.45) is 4.99 Å². The molecule has 0 aromatic heterocycles. The van der Waals surface area contributed by atoms with Gasteiger partial charge in [-0.3, -0.25) is 4.90 Å². The summed E-state index contributed by atoms with van der Waals surface area (Å²) < 4.78 is 1.18. The van der Waals surface area contributed by atoms with Gasteiger partial charge in [-0.1, -0.05) is 25.3 Å². The normalized spacial score (nSPS) is 22.4. The fourth-order valence-electron chi connectivity index (χ4n) is 5.16. The Kier molecular flexibility index (Phi) is 7.13. The van der Waals surface area contributed by atoms with Gasteiger partial charge in [0.1, 0.15) is 11.4 Å². The Balaban J connectivity index is 1.56. The predicted molar refractivity (Wildman–Crippen MR) is 132 cm³/mol. The molecule has 0 unspecified atom stereocenters. The number of carbonyl (C=O) groups excluding carboxylic acids is 1. The van der Waals surface area contributed by atoms with Gasteiger partial charge >= 0.3 is 6.03 Å². The Morgan fingerprint density at radius 2 is 1.87 bits per heavy atom. The number of hydrogen-bond acceptors (Lipinski definition) is 3. The molecular weight excluding hydrogens is 487 g/mol. The van der Waals surface area contributed by atoms with Gasteiger partial charge in [0.25, 0.3) is 0 Å². The highest BCUT2D eigenvalue weighted by Crippen LogP contribution is 2.39. The quantitative estimate of drug-likeness (QED) is 0.313. The number of nitrogens with one attached hydrogen (secondary N) is 1. The van der Waals surface area contributed by atoms with E-state index >= 15 is 0 Å². The molecule has 1 aromatic carbocycles. The first-order valence-corrected chi connectivity index (χ1v) is 12.5. The molecule has 5 nitrogen and oxygen atoms in total. The zero-order valence-electron chi connectivity index (χ0n) is 17.8. The van der Waals surface area contributed by atoms with Crippen LogP contribution in [0.1, 0.15) is 57.8 Å². The van der Waals surface area contributed by atoms with Crippen LogP contribution in [-0.2, 0) is 0 Å². The highest BCUT2D eigenvalue weighted by Gasteiger charge is 2.52. The largest absolute Gasteiger partial charge is 0.369 e. The van der Waals surface area contributed by atoms with Crippen LogP contribution < -0.4 is 10.2 Å². The number of piperidine rings is 1. The van der Waals surface area contributed by atoms with Gasteiger partial charge in [-0.05, 0) is 91.9 Å². The third-order valence-electron chi connectivity index (χ3n) is 6.86. The molecule has 2 aliphatic heterocycles. The molecule has 162 valence electrons. The van der Waals surface area contributed by atoms with Crippen molar-refractivity contribution in [3.8, 4) is 0 Å². The van der Waals surface area contributed by atoms with Gasteiger partial charge in [-0.15, -0.1) is 6.58 Å². The van der Waals surface area contributed by atoms with Crippen molar-refractivity contribution in [2.45, 2.75) is 69.4 Å². The van der Waals surface area contributed by atoms with Crippen molar-refractivity contribution in [3.05, 3.63) is 40.5 Å². The second-order valence-electron chi connectivity index (χ2n) is 8.84. The van der Waals surface area contributed by atoms with Crippen LogP contribution in [0, 0.1) is 3.57 Å². The summed E-state index contributed by atoms with van der Waals surface area (Å²) in [5.41, 5.74) is 0.626. The number of unbranched alkanes of at least 4 members (excludes halogenated alkanes) is 1. The molecule has 1 spiro atoms. The monoisotopic (exact) mass is 520 g/mol. The van der Waals surface area contributed by atoms with Crippen LogP contribution in [0.3, 0.4) is 0 Å². The van der Waals surface area contributed by atoms with Gasteiger partial charge in [0, 0.05) is 28.4 Å². The van der Waals surface area contributed by atoms with E-state index in [2.05, 4.69) is 68.6 Å². The number of nitrogens with zero attached hydrogens (tertiary/aromatic N) is 3. The van der Waals surface area contributed by atoms with Gasteiger partial charge in [0.2, 0.25) is 0 Å². The van der Waals surface area contributed by atoms with Crippen LogP contribution in [0.5, 0.6) is 0 Å². The van der Waals surface area contributed by atoms with Crippen molar-refractivity contribution in [1.29, 1.82) is 0 Å². The van der Waals surface area contributed by atoms with Crippen molar-refractivity contribution in [3.63, 3.8) is 0 Å². The molecule has 6 heteroatoms. The van der Waals surface area contributed by atoms with E-state index in [4.69, 9.17) is 0 Å². The summed E-state index contributed by atoms with van der Waals surface area (Å²) in [5.74, 6) is 0.920. The number of amidine groups is 1. The maximum Gasteiger partial charge on any atom is 0.350 e. The third-order valence-corrected chi connectivity index (χ3v) is 7.58. The molecule has 1 aliphatic carbocycles. The summed E-state index contributed by atoms with van der Waals surface area (Å²) >= 11 is 2.31. The highest BCUT2D eigenvalue weighted by atomic mass is 127. The molecular formula is C24H33IN4O. The molecule has 4 rings (SSSR count). The fraction of sp³-hybridized carbons (Fsp3) is 0.583. The maximum absolute atomic E-state index is 13.1. The van der Waals surface area contributed by atoms with Crippen molar-refractivity contribution in [2.75, 3.05) is 24.5 Å². The second kappa shape index (κ2) is 9.81. The average Bonchev–Trinajstić information content (AvgIpc) is 3.02. The van der Waals surface area contributed by atoms with Gasteiger partial charge in [-0.2, -0.15) is 4.99 Å². The number of aliphatic imine (C=N–C) groups is 1. The van der Waals surface area contributed by atoms with E-state index < -0.39 is 0 Å². The summed E-state index contributed by atoms with van der Waals surface area (Å²) in [4.78, 5) is 22.3. The summed E-state index contributed by atoms with van der Waals surface area (Å²) in [5, 5.41) is 3.74. The van der Waals surface area contributed by atoms with E-state index in [0.29, 0.717) is 6.04 Å². The Bertz CT molecular complexity index is 777. The number of likely N-dealkylation sites (tertiary alicyclic amines) is 1. The number of urea groups is 1. The average molecular weight is 520 g/mol. The number of rotatable bonds is 6. The van der Waals surface area contributed by atoms with Gasteiger partial charge in [-0.25, -0.2) is 4.79 Å². The lowest BCUT2D eigenvalue weighted by molar-refractivity contribution is 0.187. The first-order chi connectivity index (χ1) is 14.6. The lowest BCUT2D eigenvalue weighted by Gasteiger charge is -2.45. The first-order valence-electron chi connectivity index (χ1n) is 11.4. The summed E-state index contributed by atoms with van der Waals surface area (Å²) in [6, 6.07) is 8.62. The molecule has 0 atom stereocenters. The van der Waals surface area contributed by atoms with Gasteiger partial charge in [0.15, 0.2) is 0 Å². The lowest BCUT2D eigenvalue weighted by atomic mass is 9.83. The lowest BCUT2D eigenvalue weighted by Crippen LogP contribution is -2.62. The van der Waals surface area contributed by atoms with Crippen LogP contribution >= 0.6 is 22.6 Å². The maximum atomic E-state index is 13.1. The number of benzene rings is 1. The molecule has 2 amide bonds. The minimum Gasteiger partial charge on any atom is -0.369 e. The fourth-order valence-corrected chi connectivity index (χ4v) is 5.52. The number of halogens is 1. The predicted octanol–water partition coefficient (Wildman–Crippen LogP) is 5.35. The second-order valence-corrected chi connectivity index (χ2v) is 10.1. The molecule has 0 bridgehead atoms. The molecule has 2 heterocycles. The van der Waals surface area contributed by atoms with E-state index in [0.717, 1.165) is 56.8 Å². The minimum atomic E-state index is -0.337. The molecule has 1 N–H and O–H groups in total. The number of anilines is 1. The highest BCUT2D eigenvalue weighted by molar-refractivity contribution is 14.1. The van der Waals surface area contributed by atoms with Crippen LogP contribution in [0.25, 0.3) is 0 Å². The zero-order valence-corrected chi connectivity index (χ0v) is 19.9. The number of carbonyl (C=O) groups is 1. The van der Waals surface area contributed by atoms with Crippen LogP contribution in [0.15, 0.2) is 41.9 Å². The first kappa shape index (κ1) is 21.8. The smallest absolute Gasteiger partial charge is 0.350 e. The van der Waals surface area contributed by atoms with Gasteiger partial charge < -0.3 is 10.2 Å². The van der Waals surface area contributed by atoms with E-state index in [9.17, 15) is 4.79 Å². The van der Waals surface area contributed by atoms with Crippen LogP contribution in [-0.4, -0.2) is 48.0 Å². The summed E-state index contributed by atoms with van der Waals surface area (Å²) in [6.07, 6.45) is 12.3. The van der Waals surface area contributed by atoms with E-state index in [1.54, 1.807) is 0 Å². The minimum absolute atomic E-state index is 0.116. The molecule has 3 aliphatic rings. The topological polar surface area (TPSA) is 47.9 Å². The number of hydrogen-bond donors (Lipinski definition) is 1. The molecule has 1 saturated heterocycles. The Hall–Kier alpha value is -1.41. The Morgan fingerprint density at radius 3 is 2.53 bits per heavy atom. The van der Waals surface area contributed by atoms with E-state index in [-0.39, 0.29) is 11.6 Å². The number of amides is 2. The zero-order chi connectivity index (χ0) is 21.0. The molecule has 1 saturated carbocycles. The van der Waals surface area contributed by atoms with Gasteiger partial charge in [0.05, 0.1) is 0 Å². The van der Waals surface area contributed by atoms with Crippen molar-refractivity contribution < 1.29 is 4.79 Å². The summed E-state index contributed by atoms with van der Waals surface area (Å²) in [7, 11) is 0. The summed E-state index contributed by atoms with van der Waals surface area (Å²) in [6.45, 7) is 6.93. The Morgan fingerprint density at radius 1 is 1.17 bits per heavy atom. The molecule has 2 fully saturated rings. The Labute approximate surface area is 194 Å². The van der Waals surface area contributed by atoms with Crippen LogP contribution in [0.4, 0.5) is 10.5 Å². The molecule has 30 heavy (non-hydrogen) atoms. The van der Waals surface area contributed by atoms with Crippen LogP contribution in [0.2, 0.25) is 0 Å². The SMILES string of the molecule is C=CCCCN1CCC2(CC1)C(NC1CCCCC1)=NC(=O)N2c1ccc(I)cc1. The molecule has 1 aromatic rings. The van der Waals surface area contributed by atoms with E-state index in [1.807, 2.05) is 11.0 Å².